The lowest BCUT2D eigenvalue weighted by atomic mass is 9.94. The van der Waals surface area contributed by atoms with Crippen LogP contribution in [0.25, 0.3) is 0 Å². The van der Waals surface area contributed by atoms with Crippen LogP contribution < -0.4 is 9.64 Å². The molecule has 0 N–H and O–H groups in total. The largest absolute Gasteiger partial charge is 0.462 e. The van der Waals surface area contributed by atoms with Crippen LogP contribution in [0.1, 0.15) is 0 Å². The first-order valence-corrected chi connectivity index (χ1v) is 6.21. The van der Waals surface area contributed by atoms with Crippen LogP contribution in [0.3, 0.4) is 0 Å². The highest BCUT2D eigenvalue weighted by Crippen LogP contribution is 2.40. The first kappa shape index (κ1) is 10.4. The zero-order chi connectivity index (χ0) is 12.8. The van der Waals surface area contributed by atoms with Crippen LogP contribution in [0.15, 0.2) is 71.7 Å². The molecule has 0 aromatic heterocycles. The van der Waals surface area contributed by atoms with Gasteiger partial charge in [-0.15, -0.1) is 0 Å². The second-order valence-corrected chi connectivity index (χ2v) is 4.63. The van der Waals surface area contributed by atoms with Crippen molar-refractivity contribution in [1.29, 1.82) is 0 Å². The van der Waals surface area contributed by atoms with E-state index in [-0.39, 0.29) is 5.78 Å². The molecule has 1 aliphatic carbocycles. The number of hydrogen-bond acceptors (Lipinski definition) is 3. The van der Waals surface area contributed by atoms with E-state index >= 15 is 0 Å². The summed E-state index contributed by atoms with van der Waals surface area (Å²) in [7, 11) is 0. The number of benzene rings is 1. The highest BCUT2D eigenvalue weighted by Gasteiger charge is 2.30. The van der Waals surface area contributed by atoms with E-state index in [0.717, 1.165) is 29.3 Å². The quantitative estimate of drug-likeness (QED) is 0.708. The number of rotatable bonds is 0. The van der Waals surface area contributed by atoms with Crippen LogP contribution >= 0.6 is 0 Å². The van der Waals surface area contributed by atoms with Gasteiger partial charge in [-0.05, 0) is 29.9 Å². The number of carbonyl (C=O) groups is 1. The second-order valence-electron chi connectivity index (χ2n) is 4.63. The van der Waals surface area contributed by atoms with Crippen molar-refractivity contribution in [1.82, 2.24) is 0 Å². The summed E-state index contributed by atoms with van der Waals surface area (Å²) in [6, 6.07) is 7.84. The van der Waals surface area contributed by atoms with Gasteiger partial charge in [-0.3, -0.25) is 4.79 Å². The van der Waals surface area contributed by atoms with Gasteiger partial charge in [-0.25, -0.2) is 0 Å². The van der Waals surface area contributed by atoms with E-state index in [9.17, 15) is 4.79 Å². The molecule has 0 amide bonds. The van der Waals surface area contributed by atoms with E-state index in [0.29, 0.717) is 5.57 Å². The van der Waals surface area contributed by atoms with Crippen LogP contribution in [-0.4, -0.2) is 12.3 Å². The van der Waals surface area contributed by atoms with Crippen LogP contribution in [0, 0.1) is 0 Å². The van der Waals surface area contributed by atoms with Gasteiger partial charge in [0.1, 0.15) is 12.0 Å². The molecule has 0 saturated heterocycles. The minimum absolute atomic E-state index is 0.00754. The van der Waals surface area contributed by atoms with Crippen LogP contribution in [0.5, 0.6) is 5.75 Å². The summed E-state index contributed by atoms with van der Waals surface area (Å²) in [5, 5.41) is 0. The normalized spacial score (nSPS) is 19.5. The summed E-state index contributed by atoms with van der Waals surface area (Å²) in [6.45, 7) is 0.748. The molecule has 2 aliphatic heterocycles. The van der Waals surface area contributed by atoms with Crippen molar-refractivity contribution in [3.8, 4) is 5.75 Å². The maximum absolute atomic E-state index is 12.0. The van der Waals surface area contributed by atoms with Crippen molar-refractivity contribution in [2.24, 2.45) is 0 Å². The molecule has 92 valence electrons. The fourth-order valence-electron chi connectivity index (χ4n) is 2.65. The maximum atomic E-state index is 12.0. The summed E-state index contributed by atoms with van der Waals surface area (Å²) in [5.74, 6) is 0.770. The van der Waals surface area contributed by atoms with Crippen LogP contribution in [0.2, 0.25) is 0 Å². The number of carbonyl (C=O) groups excluding carboxylic acids is 1. The lowest BCUT2D eigenvalue weighted by Gasteiger charge is -2.31. The molecule has 3 aliphatic rings. The first-order chi connectivity index (χ1) is 9.34. The predicted molar refractivity (Wildman–Crippen MR) is 72.8 cm³/mol. The lowest BCUT2D eigenvalue weighted by Crippen LogP contribution is -2.29. The maximum Gasteiger partial charge on any atom is 0.191 e. The van der Waals surface area contributed by atoms with E-state index in [2.05, 4.69) is 17.1 Å². The SMILES string of the molecule is O=C1C=CC2=C3C1=COc1ccccc1N3CC=C2. The molecule has 1 aromatic rings. The summed E-state index contributed by atoms with van der Waals surface area (Å²) in [6.07, 6.45) is 9.18. The highest BCUT2D eigenvalue weighted by molar-refractivity contribution is 6.10. The summed E-state index contributed by atoms with van der Waals surface area (Å²) in [5.41, 5.74) is 3.61. The van der Waals surface area contributed by atoms with Gasteiger partial charge >= 0.3 is 0 Å². The molecule has 0 spiro atoms. The lowest BCUT2D eigenvalue weighted by molar-refractivity contribution is -0.111. The number of fused-ring (bicyclic) bond motifs is 2. The summed E-state index contributed by atoms with van der Waals surface area (Å²) >= 11 is 0. The number of ether oxygens (including phenoxy) is 1. The number of allylic oxidation sites excluding steroid dienone is 5. The molecule has 3 heteroatoms. The monoisotopic (exact) mass is 249 g/mol. The van der Waals surface area contributed by atoms with Gasteiger partial charge in [0, 0.05) is 6.54 Å². The smallest absolute Gasteiger partial charge is 0.191 e. The van der Waals surface area contributed by atoms with E-state index in [1.807, 2.05) is 30.3 Å². The Morgan fingerprint density at radius 3 is 2.95 bits per heavy atom. The number of hydrogen-bond donors (Lipinski definition) is 0. The average Bonchev–Trinajstić information content (AvgIpc) is 2.62. The van der Waals surface area contributed by atoms with E-state index in [4.69, 9.17) is 4.74 Å². The zero-order valence-electron chi connectivity index (χ0n) is 10.2. The van der Waals surface area contributed by atoms with E-state index < -0.39 is 0 Å². The van der Waals surface area contributed by atoms with Crippen molar-refractivity contribution in [3.05, 3.63) is 71.7 Å². The number of anilines is 1. The second kappa shape index (κ2) is 3.72. The Balaban J connectivity index is 2.00. The molecule has 0 unspecified atom stereocenters. The molecular weight excluding hydrogens is 238 g/mol. The molecule has 0 atom stereocenters. The third kappa shape index (κ3) is 1.41. The first-order valence-electron chi connectivity index (χ1n) is 6.21. The molecule has 0 fully saturated rings. The fourth-order valence-corrected chi connectivity index (χ4v) is 2.65. The molecule has 0 saturated carbocycles. The van der Waals surface area contributed by atoms with Gasteiger partial charge in [0.25, 0.3) is 0 Å². The third-order valence-corrected chi connectivity index (χ3v) is 3.52. The van der Waals surface area contributed by atoms with Gasteiger partial charge in [0.05, 0.1) is 17.0 Å². The van der Waals surface area contributed by atoms with Gasteiger partial charge in [0.2, 0.25) is 0 Å². The number of ketones is 1. The van der Waals surface area contributed by atoms with Crippen molar-refractivity contribution in [3.63, 3.8) is 0 Å². The van der Waals surface area contributed by atoms with Crippen molar-refractivity contribution >= 4 is 11.5 Å². The van der Waals surface area contributed by atoms with Gasteiger partial charge in [-0.1, -0.05) is 24.3 Å². The van der Waals surface area contributed by atoms with Crippen LogP contribution in [-0.2, 0) is 4.79 Å². The van der Waals surface area contributed by atoms with Crippen molar-refractivity contribution in [2.45, 2.75) is 0 Å². The third-order valence-electron chi connectivity index (χ3n) is 3.52. The van der Waals surface area contributed by atoms with Gasteiger partial charge < -0.3 is 9.64 Å². The molecule has 3 nitrogen and oxygen atoms in total. The topological polar surface area (TPSA) is 29.5 Å². The molecule has 1 aromatic carbocycles. The van der Waals surface area contributed by atoms with Gasteiger partial charge in [0.15, 0.2) is 5.78 Å². The Labute approximate surface area is 110 Å². The van der Waals surface area contributed by atoms with Gasteiger partial charge in [-0.2, -0.15) is 0 Å². The molecular formula is C16H11NO2. The highest BCUT2D eigenvalue weighted by atomic mass is 16.5. The van der Waals surface area contributed by atoms with Crippen molar-refractivity contribution in [2.75, 3.05) is 11.4 Å². The Hall–Kier alpha value is -2.55. The molecule has 19 heavy (non-hydrogen) atoms. The fraction of sp³-hybridized carbons (Fsp3) is 0.0625. The molecule has 2 heterocycles. The predicted octanol–water partition coefficient (Wildman–Crippen LogP) is 2.73. The Kier molecular flexibility index (Phi) is 2.03. The van der Waals surface area contributed by atoms with E-state index in [1.54, 1.807) is 12.3 Å². The van der Waals surface area contributed by atoms with Crippen molar-refractivity contribution < 1.29 is 9.53 Å². The Morgan fingerprint density at radius 1 is 1.11 bits per heavy atom. The average molecular weight is 249 g/mol. The zero-order valence-corrected chi connectivity index (χ0v) is 10.2. The summed E-state index contributed by atoms with van der Waals surface area (Å²) < 4.78 is 5.68. The minimum atomic E-state index is -0.00754. The molecule has 0 bridgehead atoms. The summed E-state index contributed by atoms with van der Waals surface area (Å²) in [4.78, 5) is 14.2. The minimum Gasteiger partial charge on any atom is -0.462 e. The molecule has 4 rings (SSSR count). The Morgan fingerprint density at radius 2 is 2.00 bits per heavy atom. The number of para-hydroxylation sites is 2. The Bertz CT molecular complexity index is 707. The van der Waals surface area contributed by atoms with E-state index in [1.165, 1.54) is 0 Å². The van der Waals surface area contributed by atoms with Crippen LogP contribution in [0.4, 0.5) is 5.69 Å². The standard InChI is InChI=1S/C16H11NO2/c18-14-8-7-11-4-3-9-17-13-5-1-2-6-15(13)19-10-12(14)16(11)17/h1-8,10H,9H2. The molecule has 0 radical (unpaired) electrons. The number of nitrogens with zero attached hydrogens (tertiary/aromatic N) is 1.